The Morgan fingerprint density at radius 3 is 2.08 bits per heavy atom. The molecule has 0 saturated heterocycles. The van der Waals surface area contributed by atoms with E-state index < -0.39 is 5.92 Å². The van der Waals surface area contributed by atoms with E-state index in [0.717, 1.165) is 11.1 Å². The average Bonchev–Trinajstić information content (AvgIpc) is 2.64. The lowest BCUT2D eigenvalue weighted by Crippen LogP contribution is -2.40. The van der Waals surface area contributed by atoms with E-state index in [-0.39, 0.29) is 18.5 Å². The molecule has 2 aromatic rings. The molecule has 24 heavy (non-hydrogen) atoms. The summed E-state index contributed by atoms with van der Waals surface area (Å²) in [5.74, 6) is -0.748. The van der Waals surface area contributed by atoms with Gasteiger partial charge in [-0.1, -0.05) is 60.7 Å². The topological polar surface area (TPSA) is 67.4 Å². The van der Waals surface area contributed by atoms with Gasteiger partial charge in [-0.15, -0.1) is 0 Å². The van der Waals surface area contributed by atoms with Crippen molar-refractivity contribution in [3.63, 3.8) is 0 Å². The largest absolute Gasteiger partial charge is 0.469 e. The Morgan fingerprint density at radius 1 is 0.917 bits per heavy atom. The number of methoxy groups -OCH3 is 1. The molecular formula is C19H22N2O3. The van der Waals surface area contributed by atoms with Crippen molar-refractivity contribution in [2.45, 2.75) is 13.0 Å². The zero-order valence-electron chi connectivity index (χ0n) is 13.7. The van der Waals surface area contributed by atoms with Gasteiger partial charge < -0.3 is 15.4 Å². The Morgan fingerprint density at radius 2 is 1.50 bits per heavy atom. The van der Waals surface area contributed by atoms with E-state index in [1.807, 2.05) is 60.7 Å². The summed E-state index contributed by atoms with van der Waals surface area (Å²) in [6.07, 6.45) is 0.520. The Kier molecular flexibility index (Phi) is 6.83. The van der Waals surface area contributed by atoms with E-state index in [0.29, 0.717) is 13.0 Å². The van der Waals surface area contributed by atoms with Gasteiger partial charge in [-0.05, 0) is 17.5 Å². The lowest BCUT2D eigenvalue weighted by Gasteiger charge is -2.16. The number of esters is 1. The molecule has 0 aromatic heterocycles. The van der Waals surface area contributed by atoms with Gasteiger partial charge in [0.05, 0.1) is 13.0 Å². The standard InChI is InChI=1S/C19H22N2O3/c1-24-18(22)17(12-15-8-4-2-5-9-15)14-21-19(23)20-13-16-10-6-3-7-11-16/h2-11,17H,12-14H2,1H3,(H2,20,21,23). The molecule has 2 amide bonds. The third kappa shape index (κ3) is 5.76. The van der Waals surface area contributed by atoms with Gasteiger partial charge in [-0.3, -0.25) is 4.79 Å². The van der Waals surface area contributed by atoms with Crippen LogP contribution in [0.2, 0.25) is 0 Å². The summed E-state index contributed by atoms with van der Waals surface area (Å²) < 4.78 is 4.84. The molecule has 0 saturated carbocycles. The fourth-order valence-electron chi connectivity index (χ4n) is 2.36. The Labute approximate surface area is 142 Å². The van der Waals surface area contributed by atoms with Gasteiger partial charge >= 0.3 is 12.0 Å². The number of hydrogen-bond donors (Lipinski definition) is 2. The number of rotatable bonds is 7. The average molecular weight is 326 g/mol. The first kappa shape index (κ1) is 17.5. The van der Waals surface area contributed by atoms with E-state index in [4.69, 9.17) is 4.74 Å². The second kappa shape index (κ2) is 9.35. The number of carbonyl (C=O) groups excluding carboxylic acids is 2. The Balaban J connectivity index is 1.83. The van der Waals surface area contributed by atoms with E-state index in [9.17, 15) is 9.59 Å². The van der Waals surface area contributed by atoms with Crippen molar-refractivity contribution in [1.82, 2.24) is 10.6 Å². The number of amides is 2. The number of benzene rings is 2. The molecule has 0 bridgehead atoms. The molecule has 0 fully saturated rings. The van der Waals surface area contributed by atoms with Crippen LogP contribution in [0.25, 0.3) is 0 Å². The fraction of sp³-hybridized carbons (Fsp3) is 0.263. The molecule has 1 atom stereocenters. The number of urea groups is 1. The molecule has 2 rings (SSSR count). The summed E-state index contributed by atoms with van der Waals surface area (Å²) in [7, 11) is 1.36. The van der Waals surface area contributed by atoms with Gasteiger partial charge in [0.15, 0.2) is 0 Å². The van der Waals surface area contributed by atoms with Crippen molar-refractivity contribution in [2.24, 2.45) is 5.92 Å². The minimum Gasteiger partial charge on any atom is -0.469 e. The first-order chi connectivity index (χ1) is 11.7. The van der Waals surface area contributed by atoms with Gasteiger partial charge in [-0.2, -0.15) is 0 Å². The lowest BCUT2D eigenvalue weighted by molar-refractivity contribution is -0.145. The number of ether oxygens (including phenoxy) is 1. The molecule has 2 aromatic carbocycles. The minimum absolute atomic E-state index is 0.224. The molecule has 1 unspecified atom stereocenters. The first-order valence-corrected chi connectivity index (χ1v) is 7.86. The van der Waals surface area contributed by atoms with Crippen LogP contribution in [0.15, 0.2) is 60.7 Å². The van der Waals surface area contributed by atoms with Crippen LogP contribution < -0.4 is 10.6 Å². The van der Waals surface area contributed by atoms with Crippen LogP contribution in [0, 0.1) is 5.92 Å². The van der Waals surface area contributed by atoms with Crippen LogP contribution in [0.1, 0.15) is 11.1 Å². The normalized spacial score (nSPS) is 11.4. The number of hydrogen-bond acceptors (Lipinski definition) is 3. The van der Waals surface area contributed by atoms with Gasteiger partial charge in [0.25, 0.3) is 0 Å². The Bertz CT molecular complexity index is 644. The molecular weight excluding hydrogens is 304 g/mol. The quantitative estimate of drug-likeness (QED) is 0.768. The maximum Gasteiger partial charge on any atom is 0.315 e. The zero-order chi connectivity index (χ0) is 17.2. The van der Waals surface area contributed by atoms with E-state index >= 15 is 0 Å². The van der Waals surface area contributed by atoms with Crippen LogP contribution >= 0.6 is 0 Å². The molecule has 0 aliphatic heterocycles. The molecule has 0 radical (unpaired) electrons. The lowest BCUT2D eigenvalue weighted by atomic mass is 9.99. The maximum absolute atomic E-state index is 11.9. The smallest absolute Gasteiger partial charge is 0.315 e. The summed E-state index contributed by atoms with van der Waals surface area (Å²) in [4.78, 5) is 23.8. The summed E-state index contributed by atoms with van der Waals surface area (Å²) in [6.45, 7) is 0.663. The fourth-order valence-corrected chi connectivity index (χ4v) is 2.36. The number of nitrogens with one attached hydrogen (secondary N) is 2. The van der Waals surface area contributed by atoms with Crippen molar-refractivity contribution in [3.05, 3.63) is 71.8 Å². The second-order valence-electron chi connectivity index (χ2n) is 5.46. The molecule has 2 N–H and O–H groups in total. The summed E-state index contributed by atoms with van der Waals surface area (Å²) in [5.41, 5.74) is 2.04. The highest BCUT2D eigenvalue weighted by Crippen LogP contribution is 2.09. The molecule has 126 valence electrons. The van der Waals surface area contributed by atoms with Crippen LogP contribution in [-0.4, -0.2) is 25.7 Å². The second-order valence-corrected chi connectivity index (χ2v) is 5.46. The minimum atomic E-state index is -0.417. The van der Waals surface area contributed by atoms with Crippen LogP contribution in [0.3, 0.4) is 0 Å². The highest BCUT2D eigenvalue weighted by Gasteiger charge is 2.20. The Hall–Kier alpha value is -2.82. The monoisotopic (exact) mass is 326 g/mol. The van der Waals surface area contributed by atoms with Gasteiger partial charge in [0.2, 0.25) is 0 Å². The molecule has 0 heterocycles. The third-order valence-electron chi connectivity index (χ3n) is 3.66. The van der Waals surface area contributed by atoms with Crippen LogP contribution in [0.5, 0.6) is 0 Å². The van der Waals surface area contributed by atoms with E-state index in [1.165, 1.54) is 7.11 Å². The predicted molar refractivity (Wildman–Crippen MR) is 92.3 cm³/mol. The number of carbonyl (C=O) groups is 2. The SMILES string of the molecule is COC(=O)C(CNC(=O)NCc1ccccc1)Cc1ccccc1. The zero-order valence-corrected chi connectivity index (χ0v) is 13.7. The maximum atomic E-state index is 11.9. The van der Waals surface area contributed by atoms with Crippen molar-refractivity contribution in [2.75, 3.05) is 13.7 Å². The van der Waals surface area contributed by atoms with Gasteiger partial charge in [0.1, 0.15) is 0 Å². The van der Waals surface area contributed by atoms with Crippen LogP contribution in [0.4, 0.5) is 4.79 Å². The summed E-state index contributed by atoms with van der Waals surface area (Å²) in [6, 6.07) is 19.0. The highest BCUT2D eigenvalue weighted by atomic mass is 16.5. The highest BCUT2D eigenvalue weighted by molar-refractivity contribution is 5.76. The van der Waals surface area contributed by atoms with Crippen LogP contribution in [-0.2, 0) is 22.5 Å². The first-order valence-electron chi connectivity index (χ1n) is 7.86. The molecule has 5 heteroatoms. The molecule has 0 spiro atoms. The molecule has 5 nitrogen and oxygen atoms in total. The van der Waals surface area contributed by atoms with Gasteiger partial charge in [-0.25, -0.2) is 4.79 Å². The van der Waals surface area contributed by atoms with Crippen molar-refractivity contribution < 1.29 is 14.3 Å². The van der Waals surface area contributed by atoms with Gasteiger partial charge in [0, 0.05) is 13.1 Å². The molecule has 0 aliphatic carbocycles. The molecule has 0 aliphatic rings. The summed E-state index contributed by atoms with van der Waals surface area (Å²) >= 11 is 0. The van der Waals surface area contributed by atoms with Crippen molar-refractivity contribution >= 4 is 12.0 Å². The van der Waals surface area contributed by atoms with E-state index in [1.54, 1.807) is 0 Å². The summed E-state index contributed by atoms with van der Waals surface area (Å²) in [5, 5.41) is 5.51. The third-order valence-corrected chi connectivity index (χ3v) is 3.66. The van der Waals surface area contributed by atoms with Crippen molar-refractivity contribution in [3.8, 4) is 0 Å². The van der Waals surface area contributed by atoms with Crippen molar-refractivity contribution in [1.29, 1.82) is 0 Å². The van der Waals surface area contributed by atoms with E-state index in [2.05, 4.69) is 10.6 Å². The predicted octanol–water partition coefficient (Wildman–Crippen LogP) is 2.52.